The zero-order chi connectivity index (χ0) is 18.8. The molecule has 0 fully saturated rings. The van der Waals surface area contributed by atoms with Gasteiger partial charge in [0.2, 0.25) is 5.91 Å². The number of hydrogen-bond acceptors (Lipinski definition) is 2. The van der Waals surface area contributed by atoms with E-state index in [9.17, 15) is 9.59 Å². The monoisotopic (exact) mass is 363 g/mol. The molecule has 4 rings (SSSR count). The highest BCUT2D eigenvalue weighted by atomic mass is 16.2. The van der Waals surface area contributed by atoms with Crippen LogP contribution < -0.4 is 11.0 Å². The van der Waals surface area contributed by atoms with Crippen LogP contribution in [0.25, 0.3) is 11.0 Å². The van der Waals surface area contributed by atoms with Gasteiger partial charge in [0, 0.05) is 25.2 Å². The molecule has 3 aromatic rings. The molecule has 0 radical (unpaired) electrons. The van der Waals surface area contributed by atoms with E-state index >= 15 is 0 Å². The molecule has 2 aromatic carbocycles. The highest BCUT2D eigenvalue weighted by Crippen LogP contribution is 2.28. The predicted molar refractivity (Wildman–Crippen MR) is 108 cm³/mol. The largest absolute Gasteiger partial charge is 0.329 e. The fourth-order valence-electron chi connectivity index (χ4n) is 4.12. The second-order valence-corrected chi connectivity index (χ2v) is 7.12. The van der Waals surface area contributed by atoms with Crippen molar-refractivity contribution >= 4 is 22.6 Å². The van der Waals surface area contributed by atoms with E-state index in [1.807, 2.05) is 43.3 Å². The minimum absolute atomic E-state index is 0.0470. The van der Waals surface area contributed by atoms with Crippen LogP contribution in [0.2, 0.25) is 0 Å². The van der Waals surface area contributed by atoms with Crippen molar-refractivity contribution in [1.29, 1.82) is 0 Å². The first-order chi connectivity index (χ1) is 13.2. The molecule has 5 nitrogen and oxygen atoms in total. The number of nitrogens with one attached hydrogen (secondary N) is 1. The Bertz CT molecular complexity index is 1050. The normalized spacial score (nSPS) is 13.5. The van der Waals surface area contributed by atoms with Gasteiger partial charge in [0.05, 0.1) is 11.0 Å². The Morgan fingerprint density at radius 2 is 1.74 bits per heavy atom. The Balaban J connectivity index is 1.52. The molecule has 140 valence electrons. The molecule has 0 saturated carbocycles. The number of nitrogens with zero attached hydrogens (tertiary/aromatic N) is 2. The van der Waals surface area contributed by atoms with E-state index < -0.39 is 0 Å². The van der Waals surface area contributed by atoms with Crippen LogP contribution in [0, 0.1) is 0 Å². The smallest absolute Gasteiger partial charge is 0.326 e. The van der Waals surface area contributed by atoms with Crippen LogP contribution in [0.3, 0.4) is 0 Å². The second kappa shape index (κ2) is 7.43. The summed E-state index contributed by atoms with van der Waals surface area (Å²) in [5.41, 5.74) is 5.30. The number of hydrogen-bond donors (Lipinski definition) is 1. The first kappa shape index (κ1) is 17.6. The fraction of sp³-hybridized carbons (Fsp3) is 0.364. The first-order valence-electron chi connectivity index (χ1n) is 9.77. The molecule has 0 unspecified atom stereocenters. The van der Waals surface area contributed by atoms with Gasteiger partial charge in [0.15, 0.2) is 0 Å². The lowest BCUT2D eigenvalue weighted by Crippen LogP contribution is -2.26. The van der Waals surface area contributed by atoms with Crippen molar-refractivity contribution in [1.82, 2.24) is 9.13 Å². The van der Waals surface area contributed by atoms with Crippen LogP contribution in [0.15, 0.2) is 47.3 Å². The van der Waals surface area contributed by atoms with E-state index in [-0.39, 0.29) is 18.0 Å². The van der Waals surface area contributed by atoms with E-state index in [2.05, 4.69) is 11.4 Å². The molecule has 0 bridgehead atoms. The van der Waals surface area contributed by atoms with Gasteiger partial charge in [-0.25, -0.2) is 4.79 Å². The van der Waals surface area contributed by atoms with Gasteiger partial charge < -0.3 is 5.32 Å². The highest BCUT2D eigenvalue weighted by Gasteiger charge is 2.16. The van der Waals surface area contributed by atoms with Crippen LogP contribution in [-0.4, -0.2) is 15.0 Å². The molecule has 0 aliphatic heterocycles. The van der Waals surface area contributed by atoms with Crippen molar-refractivity contribution in [2.45, 2.75) is 52.1 Å². The van der Waals surface area contributed by atoms with E-state index in [0.717, 1.165) is 29.6 Å². The molecule has 1 N–H and O–H groups in total. The average molecular weight is 363 g/mol. The molecule has 1 aromatic heterocycles. The summed E-state index contributed by atoms with van der Waals surface area (Å²) < 4.78 is 3.46. The Labute approximate surface area is 158 Å². The van der Waals surface area contributed by atoms with Crippen molar-refractivity contribution in [3.8, 4) is 0 Å². The molecular formula is C22H25N3O2. The minimum atomic E-state index is -0.0522. The number of benzene rings is 2. The van der Waals surface area contributed by atoms with Gasteiger partial charge in [-0.2, -0.15) is 0 Å². The minimum Gasteiger partial charge on any atom is -0.326 e. The molecule has 0 saturated heterocycles. The number of aryl methyl sites for hydroxylation is 3. The molecule has 1 aliphatic rings. The number of carbonyl (C=O) groups is 1. The summed E-state index contributed by atoms with van der Waals surface area (Å²) >= 11 is 0. The van der Waals surface area contributed by atoms with Gasteiger partial charge in [0.1, 0.15) is 0 Å². The third-order valence-corrected chi connectivity index (χ3v) is 5.47. The Morgan fingerprint density at radius 1 is 1.00 bits per heavy atom. The average Bonchev–Trinajstić information content (AvgIpc) is 2.97. The number of para-hydroxylation sites is 2. The van der Waals surface area contributed by atoms with Crippen molar-refractivity contribution in [2.24, 2.45) is 0 Å². The molecule has 27 heavy (non-hydrogen) atoms. The van der Waals surface area contributed by atoms with Crippen molar-refractivity contribution in [3.05, 3.63) is 64.1 Å². The maximum absolute atomic E-state index is 12.7. The van der Waals surface area contributed by atoms with Gasteiger partial charge in [0.25, 0.3) is 0 Å². The molecule has 1 heterocycles. The standard InChI is InChI=1S/C22H25N3O2/c1-2-24-19-12-5-6-13-20(19)25(22(24)27)15-14-21(26)23-18-11-7-9-16-8-3-4-10-17(16)18/h5-7,9,11-13H,2-4,8,10,14-15H2,1H3,(H,23,26). The van der Waals surface area contributed by atoms with Crippen LogP contribution in [-0.2, 0) is 30.7 Å². The number of rotatable bonds is 5. The van der Waals surface area contributed by atoms with Crippen molar-refractivity contribution < 1.29 is 4.79 Å². The van der Waals surface area contributed by atoms with Gasteiger partial charge in [-0.1, -0.05) is 24.3 Å². The van der Waals surface area contributed by atoms with Crippen LogP contribution >= 0.6 is 0 Å². The summed E-state index contributed by atoms with van der Waals surface area (Å²) in [5.74, 6) is -0.0470. The van der Waals surface area contributed by atoms with E-state index in [1.165, 1.54) is 24.0 Å². The number of imidazole rings is 1. The SMILES string of the molecule is CCn1c(=O)n(CCC(=O)Nc2cccc3c2CCCC3)c2ccccc21. The topological polar surface area (TPSA) is 56.0 Å². The van der Waals surface area contributed by atoms with E-state index in [4.69, 9.17) is 0 Å². The summed E-state index contributed by atoms with van der Waals surface area (Å²) in [4.78, 5) is 25.2. The molecule has 5 heteroatoms. The summed E-state index contributed by atoms with van der Waals surface area (Å²) in [6.45, 7) is 2.96. The van der Waals surface area contributed by atoms with E-state index in [1.54, 1.807) is 9.13 Å². The maximum Gasteiger partial charge on any atom is 0.329 e. The van der Waals surface area contributed by atoms with Gasteiger partial charge in [-0.05, 0) is 61.9 Å². The Hall–Kier alpha value is -2.82. The summed E-state index contributed by atoms with van der Waals surface area (Å²) in [5, 5.41) is 3.07. The molecular weight excluding hydrogens is 338 g/mol. The second-order valence-electron chi connectivity index (χ2n) is 7.12. The van der Waals surface area contributed by atoms with Crippen LogP contribution in [0.1, 0.15) is 37.3 Å². The molecule has 0 spiro atoms. The molecule has 1 aliphatic carbocycles. The van der Waals surface area contributed by atoms with Crippen molar-refractivity contribution in [3.63, 3.8) is 0 Å². The van der Waals surface area contributed by atoms with Gasteiger partial charge in [-0.3, -0.25) is 13.9 Å². The lowest BCUT2D eigenvalue weighted by atomic mass is 9.90. The molecule has 0 atom stereocenters. The summed E-state index contributed by atoms with van der Waals surface area (Å²) in [6, 6.07) is 13.9. The highest BCUT2D eigenvalue weighted by molar-refractivity contribution is 5.91. The third-order valence-electron chi connectivity index (χ3n) is 5.47. The summed E-state index contributed by atoms with van der Waals surface area (Å²) in [7, 11) is 0. The third kappa shape index (κ3) is 3.29. The van der Waals surface area contributed by atoms with E-state index in [0.29, 0.717) is 13.1 Å². The van der Waals surface area contributed by atoms with Gasteiger partial charge in [-0.15, -0.1) is 0 Å². The molecule has 1 amide bonds. The summed E-state index contributed by atoms with van der Waals surface area (Å²) in [6.07, 6.45) is 4.78. The first-order valence-corrected chi connectivity index (χ1v) is 9.77. The fourth-order valence-corrected chi connectivity index (χ4v) is 4.12. The van der Waals surface area contributed by atoms with Gasteiger partial charge >= 0.3 is 5.69 Å². The predicted octanol–water partition coefficient (Wildman–Crippen LogP) is 3.73. The van der Waals surface area contributed by atoms with Crippen molar-refractivity contribution in [2.75, 3.05) is 5.32 Å². The zero-order valence-corrected chi connectivity index (χ0v) is 15.7. The lowest BCUT2D eigenvalue weighted by molar-refractivity contribution is -0.116. The number of anilines is 1. The number of amides is 1. The number of carbonyl (C=O) groups excluding carboxylic acids is 1. The number of aromatic nitrogens is 2. The number of fused-ring (bicyclic) bond motifs is 2. The Kier molecular flexibility index (Phi) is 4.84. The zero-order valence-electron chi connectivity index (χ0n) is 15.7. The lowest BCUT2D eigenvalue weighted by Gasteiger charge is -2.19. The maximum atomic E-state index is 12.7. The quantitative estimate of drug-likeness (QED) is 0.751. The van der Waals surface area contributed by atoms with Crippen LogP contribution in [0.4, 0.5) is 5.69 Å². The Morgan fingerprint density at radius 3 is 2.52 bits per heavy atom. The van der Waals surface area contributed by atoms with Crippen LogP contribution in [0.5, 0.6) is 0 Å².